The van der Waals surface area contributed by atoms with Crippen LogP contribution in [-0.2, 0) is 6.54 Å². The van der Waals surface area contributed by atoms with E-state index in [9.17, 15) is 9.59 Å². The van der Waals surface area contributed by atoms with Crippen molar-refractivity contribution in [2.24, 2.45) is 0 Å². The highest BCUT2D eigenvalue weighted by Gasteiger charge is 2.12. The molecule has 0 bridgehead atoms. The minimum atomic E-state index is -1.27. The quantitative estimate of drug-likeness (QED) is 0.686. The van der Waals surface area contributed by atoms with E-state index in [2.05, 4.69) is 15.3 Å². The fourth-order valence-electron chi connectivity index (χ4n) is 2.14. The predicted molar refractivity (Wildman–Crippen MR) is 83.1 cm³/mol. The van der Waals surface area contributed by atoms with Crippen LogP contribution in [0.25, 0.3) is 11.0 Å². The number of carboxylic acids is 1. The molecule has 2 heterocycles. The van der Waals surface area contributed by atoms with Gasteiger partial charge in [-0.05, 0) is 17.7 Å². The van der Waals surface area contributed by atoms with Crippen molar-refractivity contribution in [1.29, 1.82) is 0 Å². The van der Waals surface area contributed by atoms with E-state index in [0.717, 1.165) is 5.56 Å². The summed E-state index contributed by atoms with van der Waals surface area (Å²) in [6, 6.07) is 13.2. The molecule has 3 rings (SSSR count). The number of aromatic nitrogens is 2. The Morgan fingerprint density at radius 1 is 1.18 bits per heavy atom. The molecule has 2 aromatic heterocycles. The number of benzene rings is 1. The van der Waals surface area contributed by atoms with E-state index in [1.54, 1.807) is 12.1 Å². The number of hydrogen-bond donors (Lipinski definition) is 3. The van der Waals surface area contributed by atoms with Gasteiger partial charge in [0, 0.05) is 12.7 Å². The molecule has 0 aliphatic carbocycles. The van der Waals surface area contributed by atoms with Crippen LogP contribution in [0.1, 0.15) is 15.9 Å². The summed E-state index contributed by atoms with van der Waals surface area (Å²) in [6.45, 7) is 0.565. The zero-order chi connectivity index (χ0) is 15.5. The van der Waals surface area contributed by atoms with Crippen molar-refractivity contribution in [1.82, 2.24) is 9.97 Å². The van der Waals surface area contributed by atoms with Crippen molar-refractivity contribution in [2.45, 2.75) is 6.54 Å². The van der Waals surface area contributed by atoms with Crippen molar-refractivity contribution in [2.75, 3.05) is 5.32 Å². The first-order valence-corrected chi connectivity index (χ1v) is 6.68. The number of fused-ring (bicyclic) bond motifs is 1. The molecule has 6 heteroatoms. The van der Waals surface area contributed by atoms with Crippen LogP contribution in [0.15, 0.2) is 53.5 Å². The Balaban J connectivity index is 1.93. The van der Waals surface area contributed by atoms with E-state index in [4.69, 9.17) is 5.11 Å². The van der Waals surface area contributed by atoms with Crippen LogP contribution in [0.4, 0.5) is 5.82 Å². The molecule has 0 amide bonds. The van der Waals surface area contributed by atoms with Crippen LogP contribution < -0.4 is 10.7 Å². The highest BCUT2D eigenvalue weighted by Crippen LogP contribution is 2.12. The molecule has 0 saturated carbocycles. The summed E-state index contributed by atoms with van der Waals surface area (Å²) in [5.41, 5.74) is 0.778. The normalized spacial score (nSPS) is 10.5. The van der Waals surface area contributed by atoms with E-state index in [1.165, 1.54) is 6.20 Å². The molecule has 110 valence electrons. The van der Waals surface area contributed by atoms with Crippen LogP contribution in [0.5, 0.6) is 0 Å². The Morgan fingerprint density at radius 3 is 2.68 bits per heavy atom. The Morgan fingerprint density at radius 2 is 1.95 bits per heavy atom. The molecule has 0 fully saturated rings. The largest absolute Gasteiger partial charge is 0.477 e. The summed E-state index contributed by atoms with van der Waals surface area (Å²) in [7, 11) is 0. The van der Waals surface area contributed by atoms with Crippen LogP contribution in [-0.4, -0.2) is 21.0 Å². The van der Waals surface area contributed by atoms with E-state index >= 15 is 0 Å². The van der Waals surface area contributed by atoms with Crippen molar-refractivity contribution in [3.63, 3.8) is 0 Å². The van der Waals surface area contributed by atoms with E-state index in [0.29, 0.717) is 17.9 Å². The summed E-state index contributed by atoms with van der Waals surface area (Å²) >= 11 is 0. The number of rotatable bonds is 4. The van der Waals surface area contributed by atoms with Gasteiger partial charge < -0.3 is 15.4 Å². The lowest BCUT2D eigenvalue weighted by molar-refractivity contribution is 0.0695. The number of pyridine rings is 2. The van der Waals surface area contributed by atoms with Crippen molar-refractivity contribution in [3.05, 3.63) is 70.0 Å². The van der Waals surface area contributed by atoms with Gasteiger partial charge in [0.15, 0.2) is 0 Å². The van der Waals surface area contributed by atoms with Gasteiger partial charge in [0.2, 0.25) is 5.43 Å². The molecule has 0 spiro atoms. The smallest absolute Gasteiger partial charge is 0.341 e. The standard InChI is InChI=1S/C16H13N3O3/c20-15-11(16(21)22)9-17-12-6-7-13(19-14(12)15)18-8-10-4-2-1-3-5-10/h1-7,9H,8H2,(H,17,20)(H,18,19)(H,21,22). The molecule has 0 radical (unpaired) electrons. The second-order valence-electron chi connectivity index (χ2n) is 4.77. The van der Waals surface area contributed by atoms with Gasteiger partial charge in [-0.15, -0.1) is 0 Å². The number of nitrogens with zero attached hydrogens (tertiary/aromatic N) is 1. The van der Waals surface area contributed by atoms with Gasteiger partial charge in [0.05, 0.1) is 5.52 Å². The van der Waals surface area contributed by atoms with Crippen molar-refractivity contribution < 1.29 is 9.90 Å². The summed E-state index contributed by atoms with van der Waals surface area (Å²) in [5.74, 6) is -0.753. The zero-order valence-corrected chi connectivity index (χ0v) is 11.5. The monoisotopic (exact) mass is 295 g/mol. The number of hydrogen-bond acceptors (Lipinski definition) is 4. The molecule has 0 atom stereocenters. The molecule has 0 unspecified atom stereocenters. The topological polar surface area (TPSA) is 95.1 Å². The van der Waals surface area contributed by atoms with Crippen molar-refractivity contribution in [3.8, 4) is 0 Å². The zero-order valence-electron chi connectivity index (χ0n) is 11.5. The molecule has 1 aromatic carbocycles. The van der Waals surface area contributed by atoms with E-state index < -0.39 is 11.4 Å². The van der Waals surface area contributed by atoms with Gasteiger partial charge in [-0.3, -0.25) is 4.79 Å². The third-order valence-electron chi connectivity index (χ3n) is 3.27. The van der Waals surface area contributed by atoms with Crippen LogP contribution in [0, 0.1) is 0 Å². The number of carboxylic acid groups (broad SMARTS) is 1. The fraction of sp³-hybridized carbons (Fsp3) is 0.0625. The predicted octanol–water partition coefficient (Wildman–Crippen LogP) is 2.23. The van der Waals surface area contributed by atoms with Crippen LogP contribution in [0.3, 0.4) is 0 Å². The molecule has 3 N–H and O–H groups in total. The number of anilines is 1. The Bertz CT molecular complexity index is 888. The first-order chi connectivity index (χ1) is 10.6. The Hall–Kier alpha value is -3.15. The van der Waals surface area contributed by atoms with Gasteiger partial charge in [-0.1, -0.05) is 30.3 Å². The number of aromatic amines is 1. The fourth-order valence-corrected chi connectivity index (χ4v) is 2.14. The number of carbonyl (C=O) groups is 1. The Kier molecular flexibility index (Phi) is 3.57. The molecule has 0 aliphatic heterocycles. The molecule has 6 nitrogen and oxygen atoms in total. The summed E-state index contributed by atoms with van der Waals surface area (Å²) < 4.78 is 0. The van der Waals surface area contributed by atoms with Gasteiger partial charge in [-0.25, -0.2) is 9.78 Å². The molecule has 22 heavy (non-hydrogen) atoms. The SMILES string of the molecule is O=C(O)c1c[nH]c2ccc(NCc3ccccc3)nc2c1=O. The van der Waals surface area contributed by atoms with Gasteiger partial charge in [0.1, 0.15) is 16.9 Å². The lowest BCUT2D eigenvalue weighted by Gasteiger charge is -2.07. The maximum atomic E-state index is 12.1. The minimum Gasteiger partial charge on any atom is -0.477 e. The molecular weight excluding hydrogens is 282 g/mol. The van der Waals surface area contributed by atoms with Gasteiger partial charge >= 0.3 is 5.97 Å². The summed E-state index contributed by atoms with van der Waals surface area (Å²) in [4.78, 5) is 30.1. The lowest BCUT2D eigenvalue weighted by atomic mass is 10.2. The maximum Gasteiger partial charge on any atom is 0.341 e. The average Bonchev–Trinajstić information content (AvgIpc) is 2.54. The minimum absolute atomic E-state index is 0.109. The third-order valence-corrected chi connectivity index (χ3v) is 3.27. The first-order valence-electron chi connectivity index (χ1n) is 6.68. The number of H-pyrrole nitrogens is 1. The van der Waals surface area contributed by atoms with Gasteiger partial charge in [0.25, 0.3) is 0 Å². The molecule has 0 aliphatic rings. The van der Waals surface area contributed by atoms with E-state index in [1.807, 2.05) is 30.3 Å². The number of aromatic carboxylic acids is 1. The maximum absolute atomic E-state index is 12.1. The molecule has 3 aromatic rings. The second-order valence-corrected chi connectivity index (χ2v) is 4.77. The molecular formula is C16H13N3O3. The van der Waals surface area contributed by atoms with Crippen LogP contribution in [0.2, 0.25) is 0 Å². The lowest BCUT2D eigenvalue weighted by Crippen LogP contribution is -2.16. The number of nitrogens with one attached hydrogen (secondary N) is 2. The summed E-state index contributed by atoms with van der Waals surface area (Å²) in [6.07, 6.45) is 1.19. The average molecular weight is 295 g/mol. The summed E-state index contributed by atoms with van der Waals surface area (Å²) in [5, 5.41) is 12.1. The van der Waals surface area contributed by atoms with Gasteiger partial charge in [-0.2, -0.15) is 0 Å². The first kappa shape index (κ1) is 13.8. The highest BCUT2D eigenvalue weighted by molar-refractivity contribution is 5.91. The second kappa shape index (κ2) is 5.69. The molecule has 0 saturated heterocycles. The van der Waals surface area contributed by atoms with Crippen LogP contribution >= 0.6 is 0 Å². The highest BCUT2D eigenvalue weighted by atomic mass is 16.4. The van der Waals surface area contributed by atoms with E-state index in [-0.39, 0.29) is 11.1 Å². The van der Waals surface area contributed by atoms with Crippen molar-refractivity contribution >= 4 is 22.8 Å². The third kappa shape index (κ3) is 2.67. The Labute approximate surface area is 125 Å².